The molecule has 0 saturated carbocycles. The zero-order chi connectivity index (χ0) is 20.7. The second-order valence-corrected chi connectivity index (χ2v) is 8.28. The Hall–Kier alpha value is -3.02. The summed E-state index contributed by atoms with van der Waals surface area (Å²) < 4.78 is 1.93. The molecule has 0 saturated heterocycles. The van der Waals surface area contributed by atoms with E-state index in [1.165, 1.54) is 11.3 Å². The normalized spacial score (nSPS) is 15.1. The molecule has 7 nitrogen and oxygen atoms in total. The highest BCUT2D eigenvalue weighted by Gasteiger charge is 2.32. The van der Waals surface area contributed by atoms with Crippen molar-refractivity contribution in [1.82, 2.24) is 14.8 Å². The Kier molecular flexibility index (Phi) is 4.94. The van der Waals surface area contributed by atoms with Crippen molar-refractivity contribution in [3.05, 3.63) is 73.9 Å². The second-order valence-electron chi connectivity index (χ2n) is 6.76. The maximum atomic E-state index is 11.7. The molecular weight excluding hydrogens is 408 g/mol. The van der Waals surface area contributed by atoms with Gasteiger partial charge in [-0.05, 0) is 31.5 Å². The SMILES string of the molecule is [C-]#[N+]Cc1sc2c(c1C)C(c1ccc(Cl)cc1)=N[C@@H](CC(N)=O)c1nnc(C)n1-2. The van der Waals surface area contributed by atoms with E-state index in [-0.39, 0.29) is 6.42 Å². The number of thiophene rings is 1. The standard InChI is InChI=1S/C20H17ClN6OS/c1-10-15(9-23-3)29-20-17(10)18(12-4-6-13(21)7-5-12)24-14(8-16(22)28)19-26-25-11(2)27(19)20/h4-7,14H,8-9H2,1-2H3,(H2,22,28)/t14-/m0/s1. The number of aliphatic imine (C=N–C) groups is 1. The van der Waals surface area contributed by atoms with Crippen molar-refractivity contribution in [3.63, 3.8) is 0 Å². The summed E-state index contributed by atoms with van der Waals surface area (Å²) in [5, 5.41) is 10.0. The molecule has 146 valence electrons. The van der Waals surface area contributed by atoms with Crippen molar-refractivity contribution in [3.8, 4) is 5.00 Å². The summed E-state index contributed by atoms with van der Waals surface area (Å²) in [7, 11) is 0. The third kappa shape index (κ3) is 3.33. The van der Waals surface area contributed by atoms with Gasteiger partial charge in [-0.25, -0.2) is 6.57 Å². The summed E-state index contributed by atoms with van der Waals surface area (Å²) >= 11 is 7.61. The van der Waals surface area contributed by atoms with Crippen LogP contribution in [0.3, 0.4) is 0 Å². The summed E-state index contributed by atoms with van der Waals surface area (Å²) in [6, 6.07) is 6.86. The van der Waals surface area contributed by atoms with Gasteiger partial charge in [0.05, 0.1) is 17.0 Å². The number of hydrogen-bond donors (Lipinski definition) is 1. The lowest BCUT2D eigenvalue weighted by molar-refractivity contribution is -0.118. The number of fused-ring (bicyclic) bond motifs is 3. The molecule has 0 fully saturated rings. The van der Waals surface area contributed by atoms with Gasteiger partial charge in [-0.2, -0.15) is 0 Å². The van der Waals surface area contributed by atoms with Crippen molar-refractivity contribution in [2.75, 3.05) is 0 Å². The van der Waals surface area contributed by atoms with E-state index in [1.807, 2.05) is 30.5 Å². The van der Waals surface area contributed by atoms with Gasteiger partial charge in [0.15, 0.2) is 5.82 Å². The highest BCUT2D eigenvalue weighted by Crippen LogP contribution is 2.40. The van der Waals surface area contributed by atoms with E-state index in [4.69, 9.17) is 28.9 Å². The molecular formula is C20H17ClN6OS. The van der Waals surface area contributed by atoms with Gasteiger partial charge in [0, 0.05) is 16.1 Å². The topological polar surface area (TPSA) is 90.5 Å². The molecule has 3 aromatic rings. The van der Waals surface area contributed by atoms with E-state index in [2.05, 4.69) is 15.0 Å². The number of rotatable bonds is 4. The van der Waals surface area contributed by atoms with Crippen LogP contribution in [0.15, 0.2) is 29.3 Å². The lowest BCUT2D eigenvalue weighted by atomic mass is 9.99. The molecule has 0 radical (unpaired) electrons. The fraction of sp³-hybridized carbons (Fsp3) is 0.250. The van der Waals surface area contributed by atoms with Gasteiger partial charge < -0.3 is 10.6 Å². The molecule has 2 N–H and O–H groups in total. The smallest absolute Gasteiger partial charge is 0.249 e. The van der Waals surface area contributed by atoms with Crippen LogP contribution >= 0.6 is 22.9 Å². The first-order chi connectivity index (χ1) is 13.9. The van der Waals surface area contributed by atoms with E-state index in [1.54, 1.807) is 12.1 Å². The van der Waals surface area contributed by atoms with Crippen LogP contribution in [0, 0.1) is 20.4 Å². The third-order valence-electron chi connectivity index (χ3n) is 4.83. The summed E-state index contributed by atoms with van der Waals surface area (Å²) in [6.45, 7) is 11.4. The minimum Gasteiger partial charge on any atom is -0.370 e. The Labute approximate surface area is 176 Å². The van der Waals surface area contributed by atoms with E-state index in [0.717, 1.165) is 32.3 Å². The Morgan fingerprint density at radius 2 is 2.03 bits per heavy atom. The molecule has 1 aliphatic rings. The van der Waals surface area contributed by atoms with Crippen molar-refractivity contribution < 1.29 is 4.79 Å². The summed E-state index contributed by atoms with van der Waals surface area (Å²) in [4.78, 5) is 21.2. The minimum absolute atomic E-state index is 0.0259. The fourth-order valence-corrected chi connectivity index (χ4v) is 4.89. The number of aromatic nitrogens is 3. The van der Waals surface area contributed by atoms with Crippen LogP contribution in [0.4, 0.5) is 0 Å². The number of amides is 1. The zero-order valence-electron chi connectivity index (χ0n) is 15.8. The van der Waals surface area contributed by atoms with Crippen LogP contribution in [-0.4, -0.2) is 26.4 Å². The molecule has 0 spiro atoms. The van der Waals surface area contributed by atoms with Crippen LogP contribution in [-0.2, 0) is 11.3 Å². The molecule has 9 heteroatoms. The number of nitrogens with zero attached hydrogens (tertiary/aromatic N) is 5. The van der Waals surface area contributed by atoms with Crippen molar-refractivity contribution in [2.24, 2.45) is 10.7 Å². The van der Waals surface area contributed by atoms with E-state index in [0.29, 0.717) is 23.2 Å². The number of carbonyl (C=O) groups is 1. The number of carbonyl (C=O) groups excluding carboxylic acids is 1. The molecule has 0 aliphatic carbocycles. The summed E-state index contributed by atoms with van der Waals surface area (Å²) in [6.07, 6.45) is 0.0259. The molecule has 1 atom stereocenters. The van der Waals surface area contributed by atoms with E-state index < -0.39 is 11.9 Å². The Balaban J connectivity index is 2.04. The Morgan fingerprint density at radius 1 is 1.31 bits per heavy atom. The van der Waals surface area contributed by atoms with E-state index >= 15 is 0 Å². The quantitative estimate of drug-likeness (QED) is 0.646. The fourth-order valence-electron chi connectivity index (χ4n) is 3.48. The number of hydrogen-bond acceptors (Lipinski definition) is 5. The van der Waals surface area contributed by atoms with E-state index in [9.17, 15) is 4.79 Å². The minimum atomic E-state index is -0.553. The number of halogens is 1. The molecule has 1 aromatic carbocycles. The van der Waals surface area contributed by atoms with Crippen molar-refractivity contribution in [1.29, 1.82) is 0 Å². The second kappa shape index (κ2) is 7.43. The van der Waals surface area contributed by atoms with Crippen LogP contribution in [0.1, 0.15) is 45.7 Å². The van der Waals surface area contributed by atoms with Crippen molar-refractivity contribution in [2.45, 2.75) is 32.9 Å². The Bertz CT molecular complexity index is 1190. The highest BCUT2D eigenvalue weighted by atomic mass is 35.5. The van der Waals surface area contributed by atoms with Crippen LogP contribution in [0.5, 0.6) is 0 Å². The number of aryl methyl sites for hydroxylation is 1. The molecule has 2 aromatic heterocycles. The van der Waals surface area contributed by atoms with Crippen LogP contribution < -0.4 is 5.73 Å². The first kappa shape index (κ1) is 19.3. The molecule has 1 amide bonds. The lowest BCUT2D eigenvalue weighted by Gasteiger charge is -2.11. The zero-order valence-corrected chi connectivity index (χ0v) is 17.4. The number of benzene rings is 1. The predicted octanol–water partition coefficient (Wildman–Crippen LogP) is 3.79. The van der Waals surface area contributed by atoms with Gasteiger partial charge in [0.1, 0.15) is 16.9 Å². The maximum absolute atomic E-state index is 11.7. The third-order valence-corrected chi connectivity index (χ3v) is 6.35. The average Bonchev–Trinajstić information content (AvgIpc) is 3.16. The molecule has 4 rings (SSSR count). The first-order valence-corrected chi connectivity index (χ1v) is 10.1. The Morgan fingerprint density at radius 3 is 2.69 bits per heavy atom. The summed E-state index contributed by atoms with van der Waals surface area (Å²) in [5.74, 6) is 0.804. The van der Waals surface area contributed by atoms with Gasteiger partial charge in [0.2, 0.25) is 12.5 Å². The molecule has 29 heavy (non-hydrogen) atoms. The largest absolute Gasteiger partial charge is 0.370 e. The van der Waals surface area contributed by atoms with Crippen molar-refractivity contribution >= 4 is 34.6 Å². The highest BCUT2D eigenvalue weighted by molar-refractivity contribution is 7.15. The molecule has 0 bridgehead atoms. The van der Waals surface area contributed by atoms with Crippen LogP contribution in [0.25, 0.3) is 9.85 Å². The molecule has 3 heterocycles. The predicted molar refractivity (Wildman–Crippen MR) is 113 cm³/mol. The van der Waals surface area contributed by atoms with Gasteiger partial charge in [-0.3, -0.25) is 14.4 Å². The number of primary amides is 1. The maximum Gasteiger partial charge on any atom is 0.249 e. The van der Waals surface area contributed by atoms with Gasteiger partial charge in [-0.15, -0.1) is 21.5 Å². The van der Waals surface area contributed by atoms with Gasteiger partial charge >= 0.3 is 0 Å². The first-order valence-electron chi connectivity index (χ1n) is 8.91. The summed E-state index contributed by atoms with van der Waals surface area (Å²) in [5.41, 5.74) is 9.03. The average molecular weight is 425 g/mol. The lowest BCUT2D eigenvalue weighted by Crippen LogP contribution is -2.17. The van der Waals surface area contributed by atoms with Gasteiger partial charge in [-0.1, -0.05) is 23.7 Å². The molecule has 1 aliphatic heterocycles. The van der Waals surface area contributed by atoms with Crippen LogP contribution in [0.2, 0.25) is 5.02 Å². The van der Waals surface area contributed by atoms with Gasteiger partial charge in [0.25, 0.3) is 0 Å². The number of nitrogens with two attached hydrogens (primary N) is 1. The molecule has 0 unspecified atom stereocenters. The monoisotopic (exact) mass is 424 g/mol.